The van der Waals surface area contributed by atoms with Gasteiger partial charge in [0.1, 0.15) is 30.2 Å². The molecule has 1 aliphatic rings. The predicted octanol–water partition coefficient (Wildman–Crippen LogP) is -2.98. The largest absolute Gasteiger partial charge is 0.480 e. The second-order valence-corrected chi connectivity index (χ2v) is 5.43. The highest BCUT2D eigenvalue weighted by Crippen LogP contribution is 2.28. The van der Waals surface area contributed by atoms with Gasteiger partial charge in [0.25, 0.3) is 0 Å². The van der Waals surface area contributed by atoms with Crippen LogP contribution in [0.5, 0.6) is 0 Å². The van der Waals surface area contributed by atoms with Gasteiger partial charge in [0, 0.05) is 6.20 Å². The maximum absolute atomic E-state index is 12.0. The highest BCUT2D eigenvalue weighted by atomic mass is 35.5. The fraction of sp³-hybridized carbons (Fsp3) is 0.538. The molecule has 26 heavy (non-hydrogen) atoms. The molecule has 1 aliphatic heterocycles. The number of carboxylic acids is 1. The summed E-state index contributed by atoms with van der Waals surface area (Å²) < 4.78 is 6.10. The van der Waals surface area contributed by atoms with Gasteiger partial charge < -0.3 is 36.2 Å². The summed E-state index contributed by atoms with van der Waals surface area (Å²) in [4.78, 5) is 37.8. The molecule has 0 radical (unpaired) electrons. The molecule has 5 atom stereocenters. The van der Waals surface area contributed by atoms with E-state index in [1.54, 1.807) is 0 Å². The summed E-state index contributed by atoms with van der Waals surface area (Å²) in [6, 6.07) is -0.167. The molecule has 1 saturated heterocycles. The number of nitrogens with one attached hydrogen (secondary N) is 1. The van der Waals surface area contributed by atoms with Crippen molar-refractivity contribution < 1.29 is 34.8 Å². The summed E-state index contributed by atoms with van der Waals surface area (Å²) in [5.41, 5.74) is 4.33. The van der Waals surface area contributed by atoms with E-state index in [-0.39, 0.29) is 18.2 Å². The SMILES string of the molecule is Cl.N[C@@H](CC(=O)Nc1ccn([C@@H]2O[C@H](CO)[C@@H](O)[C@@H]2O)c(=O)n1)C(=O)O. The van der Waals surface area contributed by atoms with Gasteiger partial charge in [-0.25, -0.2) is 4.79 Å². The van der Waals surface area contributed by atoms with Crippen LogP contribution in [0.15, 0.2) is 17.1 Å². The summed E-state index contributed by atoms with van der Waals surface area (Å²) in [5, 5.41) is 39.5. The van der Waals surface area contributed by atoms with Crippen LogP contribution in [0.4, 0.5) is 5.82 Å². The number of halogens is 1. The summed E-state index contributed by atoms with van der Waals surface area (Å²) >= 11 is 0. The van der Waals surface area contributed by atoms with Crippen LogP contribution in [-0.4, -0.2) is 72.8 Å². The van der Waals surface area contributed by atoms with Crippen molar-refractivity contribution in [2.45, 2.75) is 37.0 Å². The van der Waals surface area contributed by atoms with Gasteiger partial charge in [-0.3, -0.25) is 14.2 Å². The van der Waals surface area contributed by atoms with E-state index < -0.39 is 61.2 Å². The fourth-order valence-corrected chi connectivity index (χ4v) is 2.27. The van der Waals surface area contributed by atoms with Crippen molar-refractivity contribution in [2.24, 2.45) is 5.73 Å². The van der Waals surface area contributed by atoms with E-state index in [0.717, 1.165) is 4.57 Å². The molecule has 7 N–H and O–H groups in total. The zero-order valence-corrected chi connectivity index (χ0v) is 14.1. The Morgan fingerprint density at radius 1 is 1.38 bits per heavy atom. The number of ether oxygens (including phenoxy) is 1. The highest BCUT2D eigenvalue weighted by Gasteiger charge is 2.43. The fourth-order valence-electron chi connectivity index (χ4n) is 2.27. The molecule has 0 aliphatic carbocycles. The number of hydrogen-bond acceptors (Lipinski definition) is 9. The molecule has 1 fully saturated rings. The van der Waals surface area contributed by atoms with Gasteiger partial charge in [-0.15, -0.1) is 12.4 Å². The number of carbonyl (C=O) groups is 2. The van der Waals surface area contributed by atoms with Crippen LogP contribution in [0, 0.1) is 0 Å². The van der Waals surface area contributed by atoms with Crippen molar-refractivity contribution in [2.75, 3.05) is 11.9 Å². The number of nitrogens with two attached hydrogens (primary N) is 1. The topological polar surface area (TPSA) is 197 Å². The third-order valence-electron chi connectivity index (χ3n) is 3.61. The number of aliphatic hydroxyl groups is 3. The van der Waals surface area contributed by atoms with Crippen LogP contribution in [0.25, 0.3) is 0 Å². The normalized spacial score (nSPS) is 26.0. The number of aliphatic carboxylic acids is 1. The molecule has 2 rings (SSSR count). The molecule has 0 unspecified atom stereocenters. The second kappa shape index (κ2) is 9.02. The third-order valence-corrected chi connectivity index (χ3v) is 3.61. The Balaban J connectivity index is 0.00000338. The molecule has 1 amide bonds. The quantitative estimate of drug-likeness (QED) is 0.289. The molecule has 0 saturated carbocycles. The number of hydrogen-bond donors (Lipinski definition) is 6. The summed E-state index contributed by atoms with van der Waals surface area (Å²) in [5.74, 6) is -2.23. The lowest BCUT2D eigenvalue weighted by atomic mass is 10.1. The van der Waals surface area contributed by atoms with Gasteiger partial charge in [-0.05, 0) is 6.07 Å². The zero-order chi connectivity index (χ0) is 18.7. The van der Waals surface area contributed by atoms with Crippen molar-refractivity contribution in [3.05, 3.63) is 22.7 Å². The van der Waals surface area contributed by atoms with Crippen LogP contribution < -0.4 is 16.7 Å². The second-order valence-electron chi connectivity index (χ2n) is 5.43. The van der Waals surface area contributed by atoms with Gasteiger partial charge in [0.05, 0.1) is 13.0 Å². The number of amides is 1. The first kappa shape index (κ1) is 22.0. The Kier molecular flexibility index (Phi) is 7.62. The van der Waals surface area contributed by atoms with Crippen molar-refractivity contribution in [1.29, 1.82) is 0 Å². The van der Waals surface area contributed by atoms with Gasteiger partial charge >= 0.3 is 11.7 Å². The van der Waals surface area contributed by atoms with E-state index >= 15 is 0 Å². The molecule has 1 aromatic rings. The molecule has 0 spiro atoms. The first-order valence-corrected chi connectivity index (χ1v) is 7.24. The average molecular weight is 395 g/mol. The van der Waals surface area contributed by atoms with E-state index in [1.807, 2.05) is 0 Å². The van der Waals surface area contributed by atoms with Gasteiger partial charge in [-0.2, -0.15) is 4.98 Å². The standard InChI is InChI=1S/C13H18N4O8.ClH/c14-5(12(22)23)3-8(19)15-7-1-2-17(13(24)16-7)11-10(21)9(20)6(4-18)25-11;/h1-2,5-6,9-11,18,20-21H,3-4,14H2,(H,22,23)(H,15,16,19,24);1H/t5-,6+,9+,10-,11+;/m0./s1. The number of anilines is 1. The Morgan fingerprint density at radius 3 is 2.54 bits per heavy atom. The first-order valence-electron chi connectivity index (χ1n) is 7.24. The lowest BCUT2D eigenvalue weighted by Gasteiger charge is -2.17. The van der Waals surface area contributed by atoms with E-state index in [4.69, 9.17) is 20.7 Å². The molecule has 146 valence electrons. The number of carboxylic acid groups (broad SMARTS) is 1. The van der Waals surface area contributed by atoms with Crippen LogP contribution in [0.1, 0.15) is 12.6 Å². The molecular weight excluding hydrogens is 376 g/mol. The Morgan fingerprint density at radius 2 is 2.04 bits per heavy atom. The summed E-state index contributed by atoms with van der Waals surface area (Å²) in [7, 11) is 0. The van der Waals surface area contributed by atoms with Crippen molar-refractivity contribution in [3.63, 3.8) is 0 Å². The van der Waals surface area contributed by atoms with E-state index in [2.05, 4.69) is 10.3 Å². The zero-order valence-electron chi connectivity index (χ0n) is 13.3. The van der Waals surface area contributed by atoms with Gasteiger partial charge in [-0.1, -0.05) is 0 Å². The molecule has 1 aromatic heterocycles. The lowest BCUT2D eigenvalue weighted by molar-refractivity contribution is -0.140. The minimum absolute atomic E-state index is 0. The van der Waals surface area contributed by atoms with E-state index in [1.165, 1.54) is 12.3 Å². The van der Waals surface area contributed by atoms with Crippen molar-refractivity contribution in [3.8, 4) is 0 Å². The maximum atomic E-state index is 12.0. The smallest absolute Gasteiger partial charge is 0.351 e. The monoisotopic (exact) mass is 394 g/mol. The molecule has 0 aromatic carbocycles. The van der Waals surface area contributed by atoms with E-state index in [9.17, 15) is 24.6 Å². The lowest BCUT2D eigenvalue weighted by Crippen LogP contribution is -2.36. The van der Waals surface area contributed by atoms with Crippen LogP contribution in [-0.2, 0) is 14.3 Å². The average Bonchev–Trinajstić information content (AvgIpc) is 2.82. The van der Waals surface area contributed by atoms with Gasteiger partial charge in [0.15, 0.2) is 6.23 Å². The number of nitrogens with zero attached hydrogens (tertiary/aromatic N) is 2. The summed E-state index contributed by atoms with van der Waals surface area (Å²) in [6.07, 6.45) is -4.47. The first-order chi connectivity index (χ1) is 11.7. The Bertz CT molecular complexity index is 714. The minimum Gasteiger partial charge on any atom is -0.480 e. The number of aromatic nitrogens is 2. The predicted molar refractivity (Wildman–Crippen MR) is 87.6 cm³/mol. The minimum atomic E-state index is -1.45. The maximum Gasteiger partial charge on any atom is 0.351 e. The molecule has 12 nitrogen and oxygen atoms in total. The Hall–Kier alpha value is -2.09. The van der Waals surface area contributed by atoms with Crippen LogP contribution in [0.2, 0.25) is 0 Å². The number of aliphatic hydroxyl groups excluding tert-OH is 3. The highest BCUT2D eigenvalue weighted by molar-refractivity contribution is 5.93. The van der Waals surface area contributed by atoms with Crippen LogP contribution in [0.3, 0.4) is 0 Å². The molecule has 13 heteroatoms. The molecule has 2 heterocycles. The third kappa shape index (κ3) is 4.75. The summed E-state index contributed by atoms with van der Waals surface area (Å²) in [6.45, 7) is -0.547. The Labute approximate surface area is 152 Å². The molecular formula is C13H19ClN4O8. The number of rotatable bonds is 6. The van der Waals surface area contributed by atoms with Gasteiger partial charge in [0.2, 0.25) is 5.91 Å². The van der Waals surface area contributed by atoms with Crippen molar-refractivity contribution in [1.82, 2.24) is 9.55 Å². The van der Waals surface area contributed by atoms with E-state index in [0.29, 0.717) is 0 Å². The number of carbonyl (C=O) groups excluding carboxylic acids is 1. The van der Waals surface area contributed by atoms with Crippen LogP contribution >= 0.6 is 12.4 Å². The van der Waals surface area contributed by atoms with Crippen molar-refractivity contribution >= 4 is 30.1 Å². The molecule has 0 bridgehead atoms.